The molecule has 1 aromatic rings. The fourth-order valence-corrected chi connectivity index (χ4v) is 4.16. The summed E-state index contributed by atoms with van der Waals surface area (Å²) in [6.07, 6.45) is 5.14. The van der Waals surface area contributed by atoms with E-state index in [9.17, 15) is 5.11 Å². The molecule has 1 spiro atoms. The van der Waals surface area contributed by atoms with Crippen LogP contribution in [0.4, 0.5) is 0 Å². The number of para-hydroxylation sites is 1. The van der Waals surface area contributed by atoms with Crippen LogP contribution in [0.3, 0.4) is 0 Å². The number of aliphatic hydroxyl groups excluding tert-OH is 1. The van der Waals surface area contributed by atoms with Crippen molar-refractivity contribution in [2.75, 3.05) is 13.1 Å². The molecule has 1 N–H and O–H groups in total. The number of rotatable bonds is 0. The maximum Gasteiger partial charge on any atom is 0.125 e. The van der Waals surface area contributed by atoms with Crippen LogP contribution in [-0.2, 0) is 0 Å². The molecule has 4 rings (SSSR count). The molecular formula is C16H21NO2. The molecule has 0 bridgehead atoms. The highest BCUT2D eigenvalue weighted by atomic mass is 16.5. The lowest BCUT2D eigenvalue weighted by Crippen LogP contribution is -2.52. The lowest BCUT2D eigenvalue weighted by molar-refractivity contribution is -0.0645. The molecule has 0 aromatic heterocycles. The topological polar surface area (TPSA) is 32.7 Å². The number of nitrogens with zero attached hydrogens (tertiary/aromatic N) is 1. The average molecular weight is 259 g/mol. The lowest BCUT2D eigenvalue weighted by Gasteiger charge is -2.47. The largest absolute Gasteiger partial charge is 0.487 e. The molecule has 102 valence electrons. The Labute approximate surface area is 114 Å². The molecule has 0 amide bonds. The normalized spacial score (nSPS) is 37.7. The summed E-state index contributed by atoms with van der Waals surface area (Å²) in [7, 11) is 0. The Morgan fingerprint density at radius 1 is 1.21 bits per heavy atom. The highest BCUT2D eigenvalue weighted by Gasteiger charge is 2.47. The van der Waals surface area contributed by atoms with Crippen LogP contribution in [-0.4, -0.2) is 34.7 Å². The van der Waals surface area contributed by atoms with Crippen molar-refractivity contribution in [2.45, 2.75) is 49.9 Å². The van der Waals surface area contributed by atoms with Gasteiger partial charge < -0.3 is 14.7 Å². The molecular weight excluding hydrogens is 238 g/mol. The SMILES string of the molecule is O[C@@H]1CC2(CCN3CCCC3C2)Oc2ccccc21. The molecule has 3 aliphatic rings. The Kier molecular flexibility index (Phi) is 2.61. The van der Waals surface area contributed by atoms with E-state index in [1.54, 1.807) is 0 Å². The number of piperidine rings is 1. The zero-order chi connectivity index (χ0) is 12.9. The van der Waals surface area contributed by atoms with Crippen LogP contribution in [0.1, 0.15) is 43.8 Å². The van der Waals surface area contributed by atoms with Crippen molar-refractivity contribution < 1.29 is 9.84 Å². The first kappa shape index (κ1) is 11.7. The Hall–Kier alpha value is -1.06. The minimum Gasteiger partial charge on any atom is -0.487 e. The summed E-state index contributed by atoms with van der Waals surface area (Å²) in [5.74, 6) is 0.896. The number of benzene rings is 1. The van der Waals surface area contributed by atoms with Crippen molar-refractivity contribution in [3.63, 3.8) is 0 Å². The molecule has 0 aliphatic carbocycles. The van der Waals surface area contributed by atoms with E-state index >= 15 is 0 Å². The summed E-state index contributed by atoms with van der Waals surface area (Å²) in [5, 5.41) is 10.4. The highest BCUT2D eigenvalue weighted by molar-refractivity contribution is 5.38. The van der Waals surface area contributed by atoms with Crippen LogP contribution in [0, 0.1) is 0 Å². The van der Waals surface area contributed by atoms with Crippen molar-refractivity contribution in [2.24, 2.45) is 0 Å². The van der Waals surface area contributed by atoms with Gasteiger partial charge >= 0.3 is 0 Å². The molecule has 0 saturated carbocycles. The Morgan fingerprint density at radius 3 is 3.05 bits per heavy atom. The van der Waals surface area contributed by atoms with Gasteiger partial charge in [-0.25, -0.2) is 0 Å². The summed E-state index contributed by atoms with van der Waals surface area (Å²) in [6.45, 7) is 2.37. The van der Waals surface area contributed by atoms with Gasteiger partial charge in [-0.3, -0.25) is 0 Å². The van der Waals surface area contributed by atoms with Gasteiger partial charge in [0.2, 0.25) is 0 Å². The van der Waals surface area contributed by atoms with Crippen molar-refractivity contribution in [3.05, 3.63) is 29.8 Å². The number of hydrogen-bond acceptors (Lipinski definition) is 3. The van der Waals surface area contributed by atoms with Crippen LogP contribution in [0.2, 0.25) is 0 Å². The zero-order valence-corrected chi connectivity index (χ0v) is 11.2. The fourth-order valence-electron chi connectivity index (χ4n) is 4.16. The lowest BCUT2D eigenvalue weighted by atomic mass is 9.79. The predicted octanol–water partition coefficient (Wildman–Crippen LogP) is 2.50. The second-order valence-corrected chi connectivity index (χ2v) is 6.33. The molecule has 3 aliphatic heterocycles. The van der Waals surface area contributed by atoms with Gasteiger partial charge in [0.1, 0.15) is 11.4 Å². The molecule has 0 radical (unpaired) electrons. The van der Waals surface area contributed by atoms with E-state index in [0.717, 1.165) is 37.1 Å². The van der Waals surface area contributed by atoms with Crippen molar-refractivity contribution >= 4 is 0 Å². The highest BCUT2D eigenvalue weighted by Crippen LogP contribution is 2.46. The molecule has 3 heteroatoms. The first-order valence-electron chi connectivity index (χ1n) is 7.46. The number of aliphatic hydroxyl groups is 1. The van der Waals surface area contributed by atoms with Crippen LogP contribution < -0.4 is 4.74 Å². The maximum absolute atomic E-state index is 10.4. The van der Waals surface area contributed by atoms with Crippen LogP contribution in [0.5, 0.6) is 5.75 Å². The van der Waals surface area contributed by atoms with Gasteiger partial charge in [-0.15, -0.1) is 0 Å². The van der Waals surface area contributed by atoms with Gasteiger partial charge in [-0.05, 0) is 31.9 Å². The monoisotopic (exact) mass is 259 g/mol. The van der Waals surface area contributed by atoms with Gasteiger partial charge in [0.15, 0.2) is 0 Å². The van der Waals surface area contributed by atoms with Gasteiger partial charge in [0, 0.05) is 31.0 Å². The molecule has 3 atom stereocenters. The van der Waals surface area contributed by atoms with Crippen LogP contribution in [0.25, 0.3) is 0 Å². The van der Waals surface area contributed by atoms with E-state index < -0.39 is 0 Å². The Morgan fingerprint density at radius 2 is 2.11 bits per heavy atom. The molecule has 2 fully saturated rings. The van der Waals surface area contributed by atoms with Crippen molar-refractivity contribution in [1.82, 2.24) is 4.90 Å². The molecule has 3 heterocycles. The van der Waals surface area contributed by atoms with E-state index in [4.69, 9.17) is 4.74 Å². The summed E-state index contributed by atoms with van der Waals surface area (Å²) < 4.78 is 6.35. The molecule has 1 aromatic carbocycles. The quantitative estimate of drug-likeness (QED) is 0.777. The molecule has 19 heavy (non-hydrogen) atoms. The van der Waals surface area contributed by atoms with Crippen LogP contribution >= 0.6 is 0 Å². The molecule has 2 unspecified atom stereocenters. The smallest absolute Gasteiger partial charge is 0.125 e. The predicted molar refractivity (Wildman–Crippen MR) is 73.2 cm³/mol. The van der Waals surface area contributed by atoms with Crippen molar-refractivity contribution in [1.29, 1.82) is 0 Å². The standard InChI is InChI=1S/C16H21NO2/c18-14-11-16(19-15-6-2-1-5-13(14)15)7-9-17-8-3-4-12(17)10-16/h1-2,5-6,12,14,18H,3-4,7-11H2/t12?,14-,16?/m1/s1. The Bertz CT molecular complexity index is 489. The van der Waals surface area contributed by atoms with Gasteiger partial charge in [-0.2, -0.15) is 0 Å². The van der Waals surface area contributed by atoms with E-state index in [-0.39, 0.29) is 11.7 Å². The Balaban J connectivity index is 1.63. The average Bonchev–Trinajstić information content (AvgIpc) is 2.85. The molecule has 2 saturated heterocycles. The third-order valence-corrected chi connectivity index (χ3v) is 5.13. The maximum atomic E-state index is 10.4. The van der Waals surface area contributed by atoms with Gasteiger partial charge in [-0.1, -0.05) is 18.2 Å². The minimum atomic E-state index is -0.363. The summed E-state index contributed by atoms with van der Waals surface area (Å²) >= 11 is 0. The fraction of sp³-hybridized carbons (Fsp3) is 0.625. The number of fused-ring (bicyclic) bond motifs is 2. The number of ether oxygens (including phenoxy) is 1. The first-order valence-corrected chi connectivity index (χ1v) is 7.46. The summed E-state index contributed by atoms with van der Waals surface area (Å²) in [6, 6.07) is 8.63. The van der Waals surface area contributed by atoms with Crippen molar-refractivity contribution in [3.8, 4) is 5.75 Å². The summed E-state index contributed by atoms with van der Waals surface area (Å²) in [4.78, 5) is 2.60. The molecule has 3 nitrogen and oxygen atoms in total. The zero-order valence-electron chi connectivity index (χ0n) is 11.2. The van der Waals surface area contributed by atoms with E-state index in [1.807, 2.05) is 24.3 Å². The second kappa shape index (κ2) is 4.22. The van der Waals surface area contributed by atoms with Gasteiger partial charge in [0.25, 0.3) is 0 Å². The second-order valence-electron chi connectivity index (χ2n) is 6.33. The van der Waals surface area contributed by atoms with Crippen LogP contribution in [0.15, 0.2) is 24.3 Å². The third-order valence-electron chi connectivity index (χ3n) is 5.13. The third kappa shape index (κ3) is 1.87. The minimum absolute atomic E-state index is 0.126. The van der Waals surface area contributed by atoms with E-state index in [0.29, 0.717) is 6.04 Å². The van der Waals surface area contributed by atoms with Gasteiger partial charge in [0.05, 0.1) is 6.10 Å². The first-order chi connectivity index (χ1) is 9.26. The van der Waals surface area contributed by atoms with E-state index in [1.165, 1.54) is 19.4 Å². The van der Waals surface area contributed by atoms with E-state index in [2.05, 4.69) is 4.90 Å². The number of hydrogen-bond donors (Lipinski definition) is 1. The summed E-state index contributed by atoms with van der Waals surface area (Å²) in [5.41, 5.74) is 0.834.